The SMILES string of the molecule is Cc1cn[nH]c1[C@H]1COCCN1Cc1cnn(C)c1C. The van der Waals surface area contributed by atoms with Crippen molar-refractivity contribution in [2.75, 3.05) is 19.8 Å². The highest BCUT2D eigenvalue weighted by molar-refractivity contribution is 5.20. The third-order valence-electron chi connectivity index (χ3n) is 4.15. The number of aromatic nitrogens is 4. The summed E-state index contributed by atoms with van der Waals surface area (Å²) in [6, 6.07) is 0.242. The van der Waals surface area contributed by atoms with E-state index in [0.29, 0.717) is 6.61 Å². The molecule has 0 aromatic carbocycles. The van der Waals surface area contributed by atoms with Crippen LogP contribution < -0.4 is 0 Å². The first kappa shape index (κ1) is 13.3. The van der Waals surface area contributed by atoms with Gasteiger partial charge in [0.05, 0.1) is 37.3 Å². The van der Waals surface area contributed by atoms with E-state index < -0.39 is 0 Å². The average Bonchev–Trinajstić information content (AvgIpc) is 3.00. The van der Waals surface area contributed by atoms with Crippen molar-refractivity contribution in [3.63, 3.8) is 0 Å². The first-order valence-corrected chi connectivity index (χ1v) is 6.96. The van der Waals surface area contributed by atoms with Gasteiger partial charge in [-0.2, -0.15) is 10.2 Å². The zero-order chi connectivity index (χ0) is 14.1. The summed E-state index contributed by atoms with van der Waals surface area (Å²) in [5.74, 6) is 0. The largest absolute Gasteiger partial charge is 0.378 e. The lowest BCUT2D eigenvalue weighted by molar-refractivity contribution is -0.0145. The minimum absolute atomic E-state index is 0.242. The Kier molecular flexibility index (Phi) is 3.58. The lowest BCUT2D eigenvalue weighted by atomic mass is 10.1. The second kappa shape index (κ2) is 5.38. The van der Waals surface area contributed by atoms with Gasteiger partial charge in [0.2, 0.25) is 0 Å². The van der Waals surface area contributed by atoms with Crippen LogP contribution in [0.2, 0.25) is 0 Å². The van der Waals surface area contributed by atoms with Crippen molar-refractivity contribution >= 4 is 0 Å². The van der Waals surface area contributed by atoms with Crippen molar-refractivity contribution in [3.8, 4) is 0 Å². The number of rotatable bonds is 3. The second-order valence-electron chi connectivity index (χ2n) is 5.41. The van der Waals surface area contributed by atoms with E-state index in [2.05, 4.69) is 34.0 Å². The normalized spacial score (nSPS) is 20.4. The monoisotopic (exact) mass is 275 g/mol. The molecule has 1 fully saturated rings. The summed E-state index contributed by atoms with van der Waals surface area (Å²) in [5.41, 5.74) is 4.84. The van der Waals surface area contributed by atoms with Gasteiger partial charge in [-0.05, 0) is 19.4 Å². The van der Waals surface area contributed by atoms with Gasteiger partial charge >= 0.3 is 0 Å². The fourth-order valence-corrected chi connectivity index (χ4v) is 2.71. The number of nitrogens with zero attached hydrogens (tertiary/aromatic N) is 4. The minimum atomic E-state index is 0.242. The maximum absolute atomic E-state index is 5.65. The number of morpholine rings is 1. The molecule has 1 aliphatic rings. The topological polar surface area (TPSA) is 59.0 Å². The third-order valence-corrected chi connectivity index (χ3v) is 4.15. The third kappa shape index (κ3) is 2.36. The Bertz CT molecular complexity index is 588. The maximum Gasteiger partial charge on any atom is 0.0758 e. The molecule has 0 amide bonds. The van der Waals surface area contributed by atoms with Crippen LogP contribution in [0.3, 0.4) is 0 Å². The van der Waals surface area contributed by atoms with Crippen molar-refractivity contribution < 1.29 is 4.74 Å². The highest BCUT2D eigenvalue weighted by Crippen LogP contribution is 2.27. The van der Waals surface area contributed by atoms with Crippen molar-refractivity contribution in [3.05, 3.63) is 34.9 Å². The minimum Gasteiger partial charge on any atom is -0.378 e. The zero-order valence-corrected chi connectivity index (χ0v) is 12.3. The number of hydrogen-bond donors (Lipinski definition) is 1. The van der Waals surface area contributed by atoms with E-state index in [0.717, 1.165) is 25.4 Å². The van der Waals surface area contributed by atoms with E-state index in [1.807, 2.05) is 24.1 Å². The van der Waals surface area contributed by atoms with E-state index in [1.165, 1.54) is 16.8 Å². The molecule has 0 radical (unpaired) electrons. The van der Waals surface area contributed by atoms with Crippen LogP contribution in [0.4, 0.5) is 0 Å². The van der Waals surface area contributed by atoms with Gasteiger partial charge in [-0.25, -0.2) is 0 Å². The molecule has 1 aliphatic heterocycles. The van der Waals surface area contributed by atoms with Crippen molar-refractivity contribution in [2.24, 2.45) is 7.05 Å². The fourth-order valence-electron chi connectivity index (χ4n) is 2.71. The lowest BCUT2D eigenvalue weighted by Crippen LogP contribution is -2.39. The van der Waals surface area contributed by atoms with Gasteiger partial charge in [-0.3, -0.25) is 14.7 Å². The van der Waals surface area contributed by atoms with Gasteiger partial charge in [-0.15, -0.1) is 0 Å². The van der Waals surface area contributed by atoms with Crippen LogP contribution in [0.15, 0.2) is 12.4 Å². The van der Waals surface area contributed by atoms with Crippen LogP contribution in [-0.4, -0.2) is 44.6 Å². The predicted molar refractivity (Wildman–Crippen MR) is 75.2 cm³/mol. The number of ether oxygens (including phenoxy) is 1. The quantitative estimate of drug-likeness (QED) is 0.918. The van der Waals surface area contributed by atoms with Crippen molar-refractivity contribution in [2.45, 2.75) is 26.4 Å². The van der Waals surface area contributed by atoms with Gasteiger partial charge in [0, 0.05) is 31.4 Å². The molecule has 1 N–H and O–H groups in total. The summed E-state index contributed by atoms with van der Waals surface area (Å²) in [5, 5.41) is 11.6. The Morgan fingerprint density at radius 2 is 2.25 bits per heavy atom. The van der Waals surface area contributed by atoms with Gasteiger partial charge in [0.15, 0.2) is 0 Å². The number of hydrogen-bond acceptors (Lipinski definition) is 4. The van der Waals surface area contributed by atoms with Gasteiger partial charge < -0.3 is 4.74 Å². The molecule has 2 aromatic heterocycles. The van der Waals surface area contributed by atoms with Crippen LogP contribution in [0.1, 0.15) is 28.6 Å². The standard InChI is InChI=1S/C14H21N5O/c1-10-6-15-17-14(10)13-9-20-5-4-19(13)8-12-7-16-18(3)11(12)2/h6-7,13H,4-5,8-9H2,1-3H3,(H,15,17)/t13-/m1/s1. The predicted octanol–water partition coefficient (Wildman–Crippen LogP) is 1.33. The van der Waals surface area contributed by atoms with E-state index in [9.17, 15) is 0 Å². The number of H-pyrrole nitrogens is 1. The Labute approximate surface area is 118 Å². The van der Waals surface area contributed by atoms with Gasteiger partial charge in [0.1, 0.15) is 0 Å². The zero-order valence-electron chi connectivity index (χ0n) is 12.3. The molecular formula is C14H21N5O. The summed E-state index contributed by atoms with van der Waals surface area (Å²) in [7, 11) is 1.98. The van der Waals surface area contributed by atoms with Crippen LogP contribution in [-0.2, 0) is 18.3 Å². The number of aromatic amines is 1. The molecule has 0 bridgehead atoms. The van der Waals surface area contributed by atoms with Crippen molar-refractivity contribution in [1.82, 2.24) is 24.9 Å². The van der Waals surface area contributed by atoms with Crippen molar-refractivity contribution in [1.29, 1.82) is 0 Å². The molecule has 0 spiro atoms. The number of aryl methyl sites for hydroxylation is 2. The van der Waals surface area contributed by atoms with E-state index in [-0.39, 0.29) is 6.04 Å². The smallest absolute Gasteiger partial charge is 0.0758 e. The van der Waals surface area contributed by atoms with Crippen LogP contribution in [0, 0.1) is 13.8 Å². The Morgan fingerprint density at radius 1 is 1.40 bits per heavy atom. The first-order chi connectivity index (χ1) is 9.66. The molecule has 6 nitrogen and oxygen atoms in total. The summed E-state index contributed by atoms with van der Waals surface area (Å²) in [4.78, 5) is 2.44. The fraction of sp³-hybridized carbons (Fsp3) is 0.571. The summed E-state index contributed by atoms with van der Waals surface area (Å²) < 4.78 is 7.58. The molecule has 0 saturated carbocycles. The van der Waals surface area contributed by atoms with Crippen LogP contribution in [0.25, 0.3) is 0 Å². The summed E-state index contributed by atoms with van der Waals surface area (Å²) >= 11 is 0. The first-order valence-electron chi connectivity index (χ1n) is 6.96. The van der Waals surface area contributed by atoms with Crippen LogP contribution >= 0.6 is 0 Å². The highest BCUT2D eigenvalue weighted by atomic mass is 16.5. The molecule has 0 aliphatic carbocycles. The molecule has 1 saturated heterocycles. The number of nitrogens with one attached hydrogen (secondary N) is 1. The second-order valence-corrected chi connectivity index (χ2v) is 5.41. The van der Waals surface area contributed by atoms with Crippen LogP contribution in [0.5, 0.6) is 0 Å². The molecular weight excluding hydrogens is 254 g/mol. The Morgan fingerprint density at radius 3 is 2.90 bits per heavy atom. The lowest BCUT2D eigenvalue weighted by Gasteiger charge is -2.35. The highest BCUT2D eigenvalue weighted by Gasteiger charge is 2.27. The molecule has 3 heterocycles. The molecule has 2 aromatic rings. The molecule has 1 atom stereocenters. The summed E-state index contributed by atoms with van der Waals surface area (Å²) in [6.45, 7) is 7.51. The Hall–Kier alpha value is -1.66. The van der Waals surface area contributed by atoms with Gasteiger partial charge in [0.25, 0.3) is 0 Å². The van der Waals surface area contributed by atoms with Gasteiger partial charge in [-0.1, -0.05) is 0 Å². The summed E-state index contributed by atoms with van der Waals surface area (Å²) in [6.07, 6.45) is 3.83. The molecule has 108 valence electrons. The average molecular weight is 275 g/mol. The van der Waals surface area contributed by atoms with E-state index in [4.69, 9.17) is 4.74 Å². The maximum atomic E-state index is 5.65. The molecule has 20 heavy (non-hydrogen) atoms. The Balaban J connectivity index is 1.83. The van der Waals surface area contributed by atoms with E-state index in [1.54, 1.807) is 0 Å². The molecule has 0 unspecified atom stereocenters. The molecule has 3 rings (SSSR count). The van der Waals surface area contributed by atoms with E-state index >= 15 is 0 Å². The molecule has 6 heteroatoms.